The molecular weight excluding hydrogens is 357 g/mol. The van der Waals surface area contributed by atoms with E-state index in [4.69, 9.17) is 9.47 Å². The monoisotopic (exact) mass is 383 g/mol. The molecule has 0 saturated carbocycles. The average Bonchev–Trinajstić information content (AvgIpc) is 2.97. The van der Waals surface area contributed by atoms with Gasteiger partial charge in [-0.05, 0) is 32.6 Å². The number of hydrogen-bond donors (Lipinski definition) is 2. The number of ether oxygens (including phenoxy) is 2. The minimum absolute atomic E-state index is 0. The van der Waals surface area contributed by atoms with Crippen LogP contribution in [0.3, 0.4) is 0 Å². The minimum atomic E-state index is 0. The van der Waals surface area contributed by atoms with Gasteiger partial charge in [-0.3, -0.25) is 4.99 Å². The van der Waals surface area contributed by atoms with Crippen molar-refractivity contribution in [2.45, 2.75) is 50.9 Å². The second-order valence-electron chi connectivity index (χ2n) is 4.97. The zero-order valence-electron chi connectivity index (χ0n) is 11.9. The van der Waals surface area contributed by atoms with Crippen molar-refractivity contribution < 1.29 is 9.47 Å². The van der Waals surface area contributed by atoms with Crippen LogP contribution < -0.4 is 10.6 Å². The van der Waals surface area contributed by atoms with Crippen molar-refractivity contribution in [2.24, 2.45) is 4.99 Å². The maximum Gasteiger partial charge on any atom is 0.191 e. The van der Waals surface area contributed by atoms with Crippen LogP contribution in [0.25, 0.3) is 0 Å². The van der Waals surface area contributed by atoms with E-state index in [9.17, 15) is 0 Å². The molecule has 2 bridgehead atoms. The van der Waals surface area contributed by atoms with E-state index in [1.165, 1.54) is 12.8 Å². The first-order chi connectivity index (χ1) is 8.83. The first-order valence-electron chi connectivity index (χ1n) is 7.02. The normalized spacial score (nSPS) is 29.2. The topological polar surface area (TPSA) is 54.9 Å². The highest BCUT2D eigenvalue weighted by Crippen LogP contribution is 2.34. The van der Waals surface area contributed by atoms with Crippen molar-refractivity contribution in [1.29, 1.82) is 0 Å². The number of halogens is 1. The first-order valence-corrected chi connectivity index (χ1v) is 7.02. The Balaban J connectivity index is 0.00000180. The van der Waals surface area contributed by atoms with Crippen LogP contribution in [0.15, 0.2) is 4.99 Å². The molecule has 2 rings (SSSR count). The first kappa shape index (κ1) is 17.0. The van der Waals surface area contributed by atoms with Gasteiger partial charge in [0.2, 0.25) is 0 Å². The summed E-state index contributed by atoms with van der Waals surface area (Å²) in [6.07, 6.45) is 5.35. The maximum absolute atomic E-state index is 5.84. The maximum atomic E-state index is 5.84. The number of hydrogen-bond acceptors (Lipinski definition) is 3. The molecule has 2 heterocycles. The standard InChI is InChI=1S/C13H25N3O2.HI/c1-3-14-13(15-7-4-8-17-2)16-11-9-10-5-6-12(11)18-10;/h10-12H,3-9H2,1-2H3,(H2,14,15,16);1H. The fourth-order valence-electron chi connectivity index (χ4n) is 2.69. The average molecular weight is 383 g/mol. The molecule has 6 heteroatoms. The molecule has 19 heavy (non-hydrogen) atoms. The van der Waals surface area contributed by atoms with Crippen LogP contribution in [0.1, 0.15) is 32.6 Å². The summed E-state index contributed by atoms with van der Waals surface area (Å²) in [7, 11) is 1.72. The lowest BCUT2D eigenvalue weighted by atomic mass is 9.96. The van der Waals surface area contributed by atoms with E-state index in [0.29, 0.717) is 18.2 Å². The highest BCUT2D eigenvalue weighted by atomic mass is 127. The summed E-state index contributed by atoms with van der Waals surface area (Å²) in [5, 5.41) is 6.79. The van der Waals surface area contributed by atoms with Gasteiger partial charge in [0.25, 0.3) is 0 Å². The lowest BCUT2D eigenvalue weighted by Crippen LogP contribution is -2.47. The van der Waals surface area contributed by atoms with Crippen LogP contribution in [0.2, 0.25) is 0 Å². The number of methoxy groups -OCH3 is 1. The van der Waals surface area contributed by atoms with Crippen molar-refractivity contribution in [3.63, 3.8) is 0 Å². The van der Waals surface area contributed by atoms with Crippen LogP contribution in [0.5, 0.6) is 0 Å². The van der Waals surface area contributed by atoms with Gasteiger partial charge in [0.05, 0.1) is 18.2 Å². The predicted octanol–water partition coefficient (Wildman–Crippen LogP) is 1.52. The van der Waals surface area contributed by atoms with Crippen molar-refractivity contribution in [2.75, 3.05) is 26.8 Å². The summed E-state index contributed by atoms with van der Waals surface area (Å²) < 4.78 is 10.9. The Bertz CT molecular complexity index is 289. The Kier molecular flexibility index (Phi) is 8.01. The predicted molar refractivity (Wildman–Crippen MR) is 87.3 cm³/mol. The second kappa shape index (κ2) is 8.97. The molecule has 3 atom stereocenters. The number of guanidine groups is 1. The molecule has 5 nitrogen and oxygen atoms in total. The van der Waals surface area contributed by atoms with E-state index in [1.54, 1.807) is 7.11 Å². The van der Waals surface area contributed by atoms with Crippen molar-refractivity contribution in [3.05, 3.63) is 0 Å². The summed E-state index contributed by atoms with van der Waals surface area (Å²) in [5.41, 5.74) is 0. The van der Waals surface area contributed by atoms with Crippen molar-refractivity contribution in [3.8, 4) is 0 Å². The molecule has 0 aromatic heterocycles. The Hall–Kier alpha value is -0.0800. The van der Waals surface area contributed by atoms with Crippen LogP contribution in [-0.2, 0) is 9.47 Å². The SMILES string of the molecule is CCNC(=NCCCOC)NC1CC2CCC1O2.I. The molecule has 0 radical (unpaired) electrons. The largest absolute Gasteiger partial charge is 0.385 e. The molecule has 2 aliphatic heterocycles. The van der Waals surface area contributed by atoms with Crippen LogP contribution in [-0.4, -0.2) is 51.0 Å². The number of fused-ring (bicyclic) bond motifs is 2. The Morgan fingerprint density at radius 1 is 1.42 bits per heavy atom. The molecule has 112 valence electrons. The van der Waals surface area contributed by atoms with Gasteiger partial charge < -0.3 is 20.1 Å². The molecule has 2 N–H and O–H groups in total. The third-order valence-electron chi connectivity index (χ3n) is 3.55. The zero-order valence-corrected chi connectivity index (χ0v) is 14.2. The summed E-state index contributed by atoms with van der Waals surface area (Å²) in [6.45, 7) is 4.53. The van der Waals surface area contributed by atoms with Crippen LogP contribution in [0, 0.1) is 0 Å². The fourth-order valence-corrected chi connectivity index (χ4v) is 2.69. The van der Waals surface area contributed by atoms with E-state index in [-0.39, 0.29) is 24.0 Å². The third kappa shape index (κ3) is 5.07. The Morgan fingerprint density at radius 2 is 2.26 bits per heavy atom. The van der Waals surface area contributed by atoms with Crippen molar-refractivity contribution in [1.82, 2.24) is 10.6 Å². The molecular formula is C13H26IN3O2. The fraction of sp³-hybridized carbons (Fsp3) is 0.923. The zero-order chi connectivity index (χ0) is 12.8. The summed E-state index contributed by atoms with van der Waals surface area (Å²) >= 11 is 0. The van der Waals surface area contributed by atoms with Crippen LogP contribution in [0.4, 0.5) is 0 Å². The summed E-state index contributed by atoms with van der Waals surface area (Å²) in [5.74, 6) is 0.912. The quantitative estimate of drug-likeness (QED) is 0.316. The molecule has 2 saturated heterocycles. The molecule has 0 spiro atoms. The van der Waals surface area contributed by atoms with Gasteiger partial charge >= 0.3 is 0 Å². The van der Waals surface area contributed by atoms with Gasteiger partial charge in [-0.15, -0.1) is 24.0 Å². The lowest BCUT2D eigenvalue weighted by molar-refractivity contribution is 0.0992. The summed E-state index contributed by atoms with van der Waals surface area (Å²) in [6, 6.07) is 0.434. The van der Waals surface area contributed by atoms with E-state index in [0.717, 1.165) is 38.5 Å². The smallest absolute Gasteiger partial charge is 0.191 e. The Morgan fingerprint density at radius 3 is 2.84 bits per heavy atom. The molecule has 0 amide bonds. The number of rotatable bonds is 6. The highest BCUT2D eigenvalue weighted by Gasteiger charge is 2.41. The number of nitrogens with zero attached hydrogens (tertiary/aromatic N) is 1. The molecule has 2 fully saturated rings. The third-order valence-corrected chi connectivity index (χ3v) is 3.55. The summed E-state index contributed by atoms with van der Waals surface area (Å²) in [4.78, 5) is 4.56. The highest BCUT2D eigenvalue weighted by molar-refractivity contribution is 14.0. The molecule has 3 unspecified atom stereocenters. The van der Waals surface area contributed by atoms with Gasteiger partial charge in [-0.25, -0.2) is 0 Å². The van der Waals surface area contributed by atoms with E-state index >= 15 is 0 Å². The van der Waals surface area contributed by atoms with Gasteiger partial charge in [0, 0.05) is 26.8 Å². The molecule has 0 aromatic carbocycles. The van der Waals surface area contributed by atoms with Gasteiger partial charge in [-0.1, -0.05) is 0 Å². The van der Waals surface area contributed by atoms with Crippen LogP contribution >= 0.6 is 24.0 Å². The molecule has 2 aliphatic rings. The van der Waals surface area contributed by atoms with E-state index in [1.807, 2.05) is 0 Å². The number of nitrogens with one attached hydrogen (secondary N) is 2. The Labute approximate surface area is 132 Å². The van der Waals surface area contributed by atoms with Crippen molar-refractivity contribution >= 4 is 29.9 Å². The van der Waals surface area contributed by atoms with E-state index in [2.05, 4.69) is 22.5 Å². The lowest BCUT2D eigenvalue weighted by Gasteiger charge is -2.22. The van der Waals surface area contributed by atoms with E-state index < -0.39 is 0 Å². The van der Waals surface area contributed by atoms with Gasteiger partial charge in [-0.2, -0.15) is 0 Å². The van der Waals surface area contributed by atoms with Gasteiger partial charge in [0.15, 0.2) is 5.96 Å². The molecule has 0 aliphatic carbocycles. The second-order valence-corrected chi connectivity index (χ2v) is 4.97. The minimum Gasteiger partial charge on any atom is -0.385 e. The molecule has 0 aromatic rings. The number of aliphatic imine (C=N–C) groups is 1. The van der Waals surface area contributed by atoms with Gasteiger partial charge in [0.1, 0.15) is 0 Å².